The maximum Gasteiger partial charge on any atom is 0.390 e. The predicted octanol–water partition coefficient (Wildman–Crippen LogP) is 4.13. The average molecular weight is 257 g/mol. The standard InChI is InChI=1S/C14H18F3N/c1-12(2)13(3,9-14(15,16)17)10-7-5-6-8-11(10)18(12)4/h5-8H,9H2,1-4H3. The number of alkyl halides is 3. The van der Waals surface area contributed by atoms with E-state index in [0.29, 0.717) is 0 Å². The number of para-hydroxylation sites is 1. The van der Waals surface area contributed by atoms with E-state index in [1.165, 1.54) is 0 Å². The smallest absolute Gasteiger partial charge is 0.368 e. The number of benzene rings is 1. The van der Waals surface area contributed by atoms with Gasteiger partial charge in [-0.25, -0.2) is 0 Å². The second kappa shape index (κ2) is 3.65. The van der Waals surface area contributed by atoms with E-state index in [2.05, 4.69) is 0 Å². The van der Waals surface area contributed by atoms with Crippen molar-refractivity contribution in [2.24, 2.45) is 0 Å². The molecular formula is C14H18F3N. The van der Waals surface area contributed by atoms with Crippen molar-refractivity contribution in [3.63, 3.8) is 0 Å². The molecule has 0 aliphatic carbocycles. The van der Waals surface area contributed by atoms with Gasteiger partial charge >= 0.3 is 6.18 Å². The van der Waals surface area contributed by atoms with Crippen LogP contribution in [0, 0.1) is 0 Å². The van der Waals surface area contributed by atoms with Crippen LogP contribution in [0.1, 0.15) is 32.8 Å². The molecule has 0 aromatic heterocycles. The van der Waals surface area contributed by atoms with Crippen molar-refractivity contribution in [3.05, 3.63) is 29.8 Å². The van der Waals surface area contributed by atoms with E-state index in [4.69, 9.17) is 0 Å². The number of rotatable bonds is 1. The zero-order valence-corrected chi connectivity index (χ0v) is 11.1. The largest absolute Gasteiger partial charge is 0.390 e. The van der Waals surface area contributed by atoms with Crippen LogP contribution in [0.15, 0.2) is 24.3 Å². The Labute approximate surface area is 106 Å². The van der Waals surface area contributed by atoms with Gasteiger partial charge in [0, 0.05) is 23.7 Å². The van der Waals surface area contributed by atoms with Crippen molar-refractivity contribution in [1.29, 1.82) is 0 Å². The van der Waals surface area contributed by atoms with Gasteiger partial charge < -0.3 is 4.90 Å². The Bertz CT molecular complexity index is 464. The number of likely N-dealkylation sites (N-methyl/N-ethyl adjacent to an activating group) is 1. The van der Waals surface area contributed by atoms with E-state index < -0.39 is 23.6 Å². The summed E-state index contributed by atoms with van der Waals surface area (Å²) in [6.07, 6.45) is -4.96. The lowest BCUT2D eigenvalue weighted by Crippen LogP contribution is -2.52. The van der Waals surface area contributed by atoms with Crippen LogP contribution in [0.4, 0.5) is 18.9 Å². The van der Waals surface area contributed by atoms with Crippen LogP contribution >= 0.6 is 0 Å². The summed E-state index contributed by atoms with van der Waals surface area (Å²) in [5.41, 5.74) is 0.201. The highest BCUT2D eigenvalue weighted by atomic mass is 19.4. The Morgan fingerprint density at radius 3 is 2.22 bits per heavy atom. The molecule has 2 rings (SSSR count). The second-order valence-electron chi connectivity index (χ2n) is 5.76. The number of hydrogen-bond acceptors (Lipinski definition) is 1. The number of fused-ring (bicyclic) bond motifs is 1. The van der Waals surface area contributed by atoms with Gasteiger partial charge in [0.25, 0.3) is 0 Å². The average Bonchev–Trinajstić information content (AvgIpc) is 2.37. The molecule has 0 saturated heterocycles. The molecule has 18 heavy (non-hydrogen) atoms. The molecule has 1 aromatic rings. The summed E-state index contributed by atoms with van der Waals surface area (Å²) < 4.78 is 38.7. The van der Waals surface area contributed by atoms with Gasteiger partial charge in [0.15, 0.2) is 0 Å². The number of nitrogens with zero attached hydrogens (tertiary/aromatic N) is 1. The summed E-state index contributed by atoms with van der Waals surface area (Å²) in [7, 11) is 1.86. The first kappa shape index (κ1) is 13.2. The maximum atomic E-state index is 12.9. The van der Waals surface area contributed by atoms with Gasteiger partial charge in [0.05, 0.1) is 6.42 Å². The van der Waals surface area contributed by atoms with Crippen LogP contribution in [0.25, 0.3) is 0 Å². The fourth-order valence-electron chi connectivity index (χ4n) is 2.95. The maximum absolute atomic E-state index is 12.9. The van der Waals surface area contributed by atoms with Crippen LogP contribution in [-0.4, -0.2) is 18.8 Å². The summed E-state index contributed by atoms with van der Waals surface area (Å²) >= 11 is 0. The monoisotopic (exact) mass is 257 g/mol. The molecule has 0 spiro atoms. The molecule has 1 nitrogen and oxygen atoms in total. The molecule has 100 valence electrons. The van der Waals surface area contributed by atoms with Crippen molar-refractivity contribution in [1.82, 2.24) is 0 Å². The normalized spacial score (nSPS) is 26.3. The predicted molar refractivity (Wildman–Crippen MR) is 66.9 cm³/mol. The molecule has 0 saturated carbocycles. The minimum absolute atomic E-state index is 0.563. The minimum atomic E-state index is -4.16. The van der Waals surface area contributed by atoms with E-state index >= 15 is 0 Å². The molecule has 0 radical (unpaired) electrons. The lowest BCUT2D eigenvalue weighted by Gasteiger charge is -2.43. The van der Waals surface area contributed by atoms with Crippen molar-refractivity contribution >= 4 is 5.69 Å². The van der Waals surface area contributed by atoms with Crippen LogP contribution in [-0.2, 0) is 5.41 Å². The Kier molecular flexibility index (Phi) is 2.69. The Hall–Kier alpha value is -1.19. The first-order valence-electron chi connectivity index (χ1n) is 6.00. The molecule has 1 unspecified atom stereocenters. The first-order valence-corrected chi connectivity index (χ1v) is 6.00. The third-order valence-corrected chi connectivity index (χ3v) is 4.60. The molecule has 1 aliphatic rings. The molecule has 1 heterocycles. The lowest BCUT2D eigenvalue weighted by molar-refractivity contribution is -0.151. The number of hydrogen-bond donors (Lipinski definition) is 0. The van der Waals surface area contributed by atoms with Crippen molar-refractivity contribution in [2.75, 3.05) is 11.9 Å². The molecule has 0 amide bonds. The van der Waals surface area contributed by atoms with E-state index in [-0.39, 0.29) is 0 Å². The number of halogens is 3. The van der Waals surface area contributed by atoms with Crippen molar-refractivity contribution < 1.29 is 13.2 Å². The van der Waals surface area contributed by atoms with E-state index in [1.807, 2.05) is 50.1 Å². The van der Waals surface area contributed by atoms with E-state index in [9.17, 15) is 13.2 Å². The minimum Gasteiger partial charge on any atom is -0.368 e. The highest BCUT2D eigenvalue weighted by molar-refractivity contribution is 5.65. The van der Waals surface area contributed by atoms with Gasteiger partial charge in [0.2, 0.25) is 0 Å². The molecule has 4 heteroatoms. The highest BCUT2D eigenvalue weighted by Crippen LogP contribution is 2.54. The molecule has 1 aromatic carbocycles. The van der Waals surface area contributed by atoms with Crippen LogP contribution in [0.3, 0.4) is 0 Å². The Morgan fingerprint density at radius 1 is 1.11 bits per heavy atom. The molecular weight excluding hydrogens is 239 g/mol. The molecule has 1 atom stereocenters. The number of anilines is 1. The third-order valence-electron chi connectivity index (χ3n) is 4.60. The fourth-order valence-corrected chi connectivity index (χ4v) is 2.95. The Morgan fingerprint density at radius 2 is 1.67 bits per heavy atom. The highest BCUT2D eigenvalue weighted by Gasteiger charge is 2.56. The van der Waals surface area contributed by atoms with Crippen LogP contribution in [0.2, 0.25) is 0 Å². The van der Waals surface area contributed by atoms with Crippen LogP contribution < -0.4 is 4.90 Å². The first-order chi connectivity index (χ1) is 8.09. The fraction of sp³-hybridized carbons (Fsp3) is 0.571. The van der Waals surface area contributed by atoms with E-state index in [0.717, 1.165) is 11.3 Å². The molecule has 0 bridgehead atoms. The SMILES string of the molecule is CN1c2ccccc2C(C)(CC(F)(F)F)C1(C)C. The summed E-state index contributed by atoms with van der Waals surface area (Å²) in [4.78, 5) is 1.95. The van der Waals surface area contributed by atoms with Gasteiger partial charge in [-0.1, -0.05) is 25.1 Å². The molecule has 0 N–H and O–H groups in total. The zero-order chi connectivity index (χ0) is 13.8. The lowest BCUT2D eigenvalue weighted by atomic mass is 9.68. The van der Waals surface area contributed by atoms with Gasteiger partial charge in [-0.3, -0.25) is 0 Å². The molecule has 1 aliphatic heterocycles. The van der Waals surface area contributed by atoms with Gasteiger partial charge in [-0.05, 0) is 25.5 Å². The van der Waals surface area contributed by atoms with Gasteiger partial charge in [-0.2, -0.15) is 13.2 Å². The zero-order valence-electron chi connectivity index (χ0n) is 11.1. The summed E-state index contributed by atoms with van der Waals surface area (Å²) in [6, 6.07) is 7.37. The summed E-state index contributed by atoms with van der Waals surface area (Å²) in [5.74, 6) is 0. The van der Waals surface area contributed by atoms with Crippen molar-refractivity contribution in [3.8, 4) is 0 Å². The van der Waals surface area contributed by atoms with Crippen LogP contribution in [0.5, 0.6) is 0 Å². The second-order valence-corrected chi connectivity index (χ2v) is 5.76. The topological polar surface area (TPSA) is 3.24 Å². The quantitative estimate of drug-likeness (QED) is 0.731. The molecule has 0 fully saturated rings. The Balaban J connectivity index is 2.58. The van der Waals surface area contributed by atoms with Gasteiger partial charge in [-0.15, -0.1) is 0 Å². The van der Waals surface area contributed by atoms with Crippen molar-refractivity contribution in [2.45, 2.75) is 44.3 Å². The summed E-state index contributed by atoms with van der Waals surface area (Å²) in [5, 5.41) is 0. The third kappa shape index (κ3) is 1.70. The van der Waals surface area contributed by atoms with Gasteiger partial charge in [0.1, 0.15) is 0 Å². The van der Waals surface area contributed by atoms with E-state index in [1.54, 1.807) is 6.92 Å². The summed E-state index contributed by atoms with van der Waals surface area (Å²) in [6.45, 7) is 5.46.